The Hall–Kier alpha value is -2.30. The first-order valence-electron chi connectivity index (χ1n) is 7.95. The normalized spacial score (nSPS) is 10.0. The van der Waals surface area contributed by atoms with Crippen molar-refractivity contribution in [1.29, 1.82) is 0 Å². The molecule has 1 N–H and O–H groups in total. The number of hydrogen-bond donors (Lipinski definition) is 1. The summed E-state index contributed by atoms with van der Waals surface area (Å²) in [5, 5.41) is 3.42. The van der Waals surface area contributed by atoms with Gasteiger partial charge in [-0.15, -0.1) is 0 Å². The van der Waals surface area contributed by atoms with Crippen LogP contribution in [0.4, 0.5) is 5.69 Å². The second-order valence-corrected chi connectivity index (χ2v) is 5.38. The Kier molecular flexibility index (Phi) is 6.82. The number of imide groups is 1. The lowest BCUT2D eigenvalue weighted by atomic mass is 10.1. The molecular formula is C18H27N3O2. The average molecular weight is 317 g/mol. The molecule has 23 heavy (non-hydrogen) atoms. The predicted molar refractivity (Wildman–Crippen MR) is 95.8 cm³/mol. The Morgan fingerprint density at radius 2 is 1.96 bits per heavy atom. The van der Waals surface area contributed by atoms with Gasteiger partial charge in [0.25, 0.3) is 0 Å². The van der Waals surface area contributed by atoms with E-state index in [4.69, 9.17) is 0 Å². The van der Waals surface area contributed by atoms with Crippen LogP contribution in [0.5, 0.6) is 0 Å². The molecule has 1 aromatic heterocycles. The molecule has 0 saturated heterocycles. The number of anilines is 1. The first kappa shape index (κ1) is 18.7. The van der Waals surface area contributed by atoms with E-state index in [1.807, 2.05) is 32.8 Å². The Morgan fingerprint density at radius 1 is 1.30 bits per heavy atom. The zero-order valence-electron chi connectivity index (χ0n) is 14.9. The number of amides is 2. The van der Waals surface area contributed by atoms with Crippen molar-refractivity contribution >= 4 is 28.9 Å². The van der Waals surface area contributed by atoms with Crippen LogP contribution in [0, 0.1) is 13.8 Å². The number of rotatable bonds is 5. The molecule has 0 aliphatic heterocycles. The van der Waals surface area contributed by atoms with Gasteiger partial charge in [0.1, 0.15) is 0 Å². The predicted octanol–water partition coefficient (Wildman–Crippen LogP) is 2.92. The van der Waals surface area contributed by atoms with Gasteiger partial charge in [0, 0.05) is 49.8 Å². The number of carbonyl (C=O) groups excluding carboxylic acids is 2. The Labute approximate surface area is 138 Å². The fraction of sp³-hybridized carbons (Fsp3) is 0.444. The van der Waals surface area contributed by atoms with Gasteiger partial charge in [0.05, 0.1) is 0 Å². The van der Waals surface area contributed by atoms with Gasteiger partial charge >= 0.3 is 0 Å². The van der Waals surface area contributed by atoms with E-state index in [-0.39, 0.29) is 5.91 Å². The molecule has 1 heterocycles. The summed E-state index contributed by atoms with van der Waals surface area (Å²) >= 11 is 0. The monoisotopic (exact) mass is 317 g/mol. The molecule has 2 aromatic rings. The molecule has 0 aliphatic carbocycles. The Balaban J connectivity index is 0.00000127. The van der Waals surface area contributed by atoms with E-state index in [0.717, 1.165) is 5.69 Å². The summed E-state index contributed by atoms with van der Waals surface area (Å²) in [6.07, 6.45) is 2.84. The van der Waals surface area contributed by atoms with Gasteiger partial charge < -0.3 is 9.47 Å². The van der Waals surface area contributed by atoms with Crippen molar-refractivity contribution in [2.45, 2.75) is 34.1 Å². The third kappa shape index (κ3) is 4.12. The van der Waals surface area contributed by atoms with Crippen LogP contribution in [0.2, 0.25) is 0 Å². The largest absolute Gasteiger partial charge is 0.374 e. The van der Waals surface area contributed by atoms with E-state index in [0.29, 0.717) is 19.4 Å². The summed E-state index contributed by atoms with van der Waals surface area (Å²) in [7, 11) is 4.00. The summed E-state index contributed by atoms with van der Waals surface area (Å²) < 4.78 is 2.12. The lowest BCUT2D eigenvalue weighted by molar-refractivity contribution is -0.125. The van der Waals surface area contributed by atoms with E-state index in [1.54, 1.807) is 0 Å². The van der Waals surface area contributed by atoms with Gasteiger partial charge in [-0.3, -0.25) is 14.9 Å². The highest BCUT2D eigenvalue weighted by Gasteiger charge is 2.13. The smallest absolute Gasteiger partial charge is 0.228 e. The van der Waals surface area contributed by atoms with Crippen LogP contribution in [0.25, 0.3) is 10.9 Å². The fourth-order valence-electron chi connectivity index (χ4n) is 2.84. The summed E-state index contributed by atoms with van der Waals surface area (Å²) in [6, 6.07) is 4.18. The summed E-state index contributed by atoms with van der Waals surface area (Å²) in [6.45, 7) is 8.78. The third-order valence-corrected chi connectivity index (χ3v) is 3.88. The van der Waals surface area contributed by atoms with Crippen molar-refractivity contribution < 1.29 is 9.59 Å². The minimum atomic E-state index is -0.258. The second-order valence-electron chi connectivity index (χ2n) is 5.38. The molecule has 2 amide bonds. The molecule has 0 fully saturated rings. The van der Waals surface area contributed by atoms with E-state index in [1.165, 1.54) is 22.0 Å². The van der Waals surface area contributed by atoms with Crippen molar-refractivity contribution in [1.82, 2.24) is 9.88 Å². The highest BCUT2D eigenvalue weighted by molar-refractivity contribution is 5.91. The summed E-state index contributed by atoms with van der Waals surface area (Å²) in [4.78, 5) is 23.6. The molecule has 2 rings (SSSR count). The topological polar surface area (TPSA) is 54.3 Å². The minimum absolute atomic E-state index is 0.258. The number of hydrogen-bond acceptors (Lipinski definition) is 3. The molecule has 0 aliphatic rings. The van der Waals surface area contributed by atoms with Gasteiger partial charge in [-0.1, -0.05) is 13.8 Å². The molecule has 0 bridgehead atoms. The summed E-state index contributed by atoms with van der Waals surface area (Å²) in [5.74, 6) is -0.258. The molecule has 5 nitrogen and oxygen atoms in total. The van der Waals surface area contributed by atoms with Crippen LogP contribution < -0.4 is 10.2 Å². The van der Waals surface area contributed by atoms with Gasteiger partial charge in [-0.2, -0.15) is 0 Å². The molecule has 0 atom stereocenters. The van der Waals surface area contributed by atoms with Crippen molar-refractivity contribution in [3.63, 3.8) is 0 Å². The van der Waals surface area contributed by atoms with Gasteiger partial charge in [-0.25, -0.2) is 0 Å². The molecule has 0 unspecified atom stereocenters. The second kappa shape index (κ2) is 8.36. The zero-order valence-corrected chi connectivity index (χ0v) is 14.9. The van der Waals surface area contributed by atoms with Crippen molar-refractivity contribution in [3.8, 4) is 0 Å². The molecule has 1 aromatic carbocycles. The van der Waals surface area contributed by atoms with Gasteiger partial charge in [0.15, 0.2) is 0 Å². The molecule has 126 valence electrons. The maximum atomic E-state index is 11.4. The van der Waals surface area contributed by atoms with Gasteiger partial charge in [-0.05, 0) is 37.1 Å². The number of carbonyl (C=O) groups is 2. The van der Waals surface area contributed by atoms with Crippen molar-refractivity contribution in [2.75, 3.05) is 18.5 Å². The van der Waals surface area contributed by atoms with Crippen LogP contribution in [0.3, 0.4) is 0 Å². The van der Waals surface area contributed by atoms with E-state index >= 15 is 0 Å². The number of fused-ring (bicyclic) bond motifs is 1. The fourth-order valence-corrected chi connectivity index (χ4v) is 2.84. The minimum Gasteiger partial charge on any atom is -0.374 e. The van der Waals surface area contributed by atoms with Crippen molar-refractivity contribution in [3.05, 3.63) is 29.5 Å². The number of aromatic nitrogens is 1. The van der Waals surface area contributed by atoms with E-state index in [9.17, 15) is 9.59 Å². The quantitative estimate of drug-likeness (QED) is 0.863. The van der Waals surface area contributed by atoms with Crippen LogP contribution in [0.15, 0.2) is 18.3 Å². The Bertz CT molecular complexity index is 689. The van der Waals surface area contributed by atoms with E-state index in [2.05, 4.69) is 42.1 Å². The summed E-state index contributed by atoms with van der Waals surface area (Å²) in [5.41, 5.74) is 4.78. The highest BCUT2D eigenvalue weighted by atomic mass is 16.2. The van der Waals surface area contributed by atoms with Gasteiger partial charge in [0.2, 0.25) is 12.3 Å². The standard InChI is InChI=1S/C16H21N3O2.C2H6/c1-11-9-19(4)14-6-5-13(12(2)16(11)14)18(3)8-7-15(21)17-10-20;1-2/h5-6,9-10H,7-8H2,1-4H3,(H,17,20,21);1-2H3. The average Bonchev–Trinajstić information content (AvgIpc) is 2.83. The molecule has 0 saturated carbocycles. The zero-order chi connectivity index (χ0) is 17.6. The maximum Gasteiger partial charge on any atom is 0.228 e. The van der Waals surface area contributed by atoms with Crippen LogP contribution in [0.1, 0.15) is 31.4 Å². The molecular weight excluding hydrogens is 290 g/mol. The van der Waals surface area contributed by atoms with Crippen molar-refractivity contribution in [2.24, 2.45) is 7.05 Å². The maximum absolute atomic E-state index is 11.4. The first-order valence-corrected chi connectivity index (χ1v) is 7.95. The third-order valence-electron chi connectivity index (χ3n) is 3.88. The number of aryl methyl sites for hydroxylation is 3. The van der Waals surface area contributed by atoms with Crippen LogP contribution in [-0.4, -0.2) is 30.5 Å². The highest BCUT2D eigenvalue weighted by Crippen LogP contribution is 2.30. The molecule has 5 heteroatoms. The lowest BCUT2D eigenvalue weighted by Gasteiger charge is -2.22. The number of nitrogens with one attached hydrogen (secondary N) is 1. The first-order chi connectivity index (χ1) is 11.0. The van der Waals surface area contributed by atoms with Crippen LogP contribution in [-0.2, 0) is 16.6 Å². The number of nitrogens with zero attached hydrogens (tertiary/aromatic N) is 2. The van der Waals surface area contributed by atoms with Crippen LogP contribution >= 0.6 is 0 Å². The lowest BCUT2D eigenvalue weighted by Crippen LogP contribution is -2.28. The molecule has 0 radical (unpaired) electrons. The van der Waals surface area contributed by atoms with E-state index < -0.39 is 0 Å². The SMILES string of the molecule is CC.Cc1cn(C)c2ccc(N(C)CCC(=O)NC=O)c(C)c12. The molecule has 0 spiro atoms. The Morgan fingerprint density at radius 3 is 2.57 bits per heavy atom. The number of benzene rings is 1.